The average Bonchev–Trinajstić information content (AvgIpc) is 1.61. The smallest absolute Gasteiger partial charge is 0.0928 e. The standard InChI is InChI=1S/C2HClN2/c1-2-4-5-3/h1H/i1D. The Labute approximate surface area is 36.4 Å². The Morgan fingerprint density at radius 1 is 2.20 bits per heavy atom. The van der Waals surface area contributed by atoms with Crippen LogP contribution in [0.1, 0.15) is 1.37 Å². The van der Waals surface area contributed by atoms with Gasteiger partial charge in [0, 0.05) is 0 Å². The Morgan fingerprint density at radius 3 is 3.20 bits per heavy atom. The number of rotatable bonds is 0. The van der Waals surface area contributed by atoms with Crippen LogP contribution in [0.2, 0.25) is 0 Å². The van der Waals surface area contributed by atoms with Gasteiger partial charge in [0.2, 0.25) is 0 Å². The molecule has 0 saturated carbocycles. The van der Waals surface area contributed by atoms with E-state index in [2.05, 4.69) is 21.5 Å². The minimum Gasteiger partial charge on any atom is -0.0928 e. The van der Waals surface area contributed by atoms with Crippen LogP contribution in [0.15, 0.2) is 9.75 Å². The van der Waals surface area contributed by atoms with E-state index in [1.165, 1.54) is 0 Å². The molecule has 0 aliphatic rings. The molecule has 0 heterocycles. The number of terminal acetylenes is 1. The van der Waals surface area contributed by atoms with Crippen molar-refractivity contribution in [3.8, 4) is 12.4 Å². The highest BCUT2D eigenvalue weighted by atomic mass is 35.5. The van der Waals surface area contributed by atoms with Crippen molar-refractivity contribution in [2.24, 2.45) is 9.75 Å². The zero-order valence-corrected chi connectivity index (χ0v) is 3.03. The van der Waals surface area contributed by atoms with Gasteiger partial charge in [0.1, 0.15) is 1.37 Å². The summed E-state index contributed by atoms with van der Waals surface area (Å²) in [7, 11) is 0. The van der Waals surface area contributed by atoms with Crippen LogP contribution >= 0.6 is 11.8 Å². The monoisotopic (exact) mass is 89.0 g/mol. The van der Waals surface area contributed by atoms with Crippen molar-refractivity contribution in [1.29, 1.82) is 0 Å². The highest BCUT2D eigenvalue weighted by molar-refractivity contribution is 6.13. The van der Waals surface area contributed by atoms with Gasteiger partial charge < -0.3 is 0 Å². The summed E-state index contributed by atoms with van der Waals surface area (Å²) in [6, 6.07) is 1.94. The lowest BCUT2D eigenvalue weighted by Crippen LogP contribution is -1.29. The van der Waals surface area contributed by atoms with Crippen LogP contribution in [-0.4, -0.2) is 0 Å². The van der Waals surface area contributed by atoms with E-state index in [4.69, 9.17) is 1.37 Å². The largest absolute Gasteiger partial charge is 0.126 e. The molecule has 0 aliphatic heterocycles. The minimum absolute atomic E-state index is 1.72. The molecule has 0 aromatic heterocycles. The van der Waals surface area contributed by atoms with Gasteiger partial charge in [0.15, 0.2) is 0 Å². The third kappa shape index (κ3) is 3.45. The SMILES string of the molecule is [2H]C#CN=NCl. The second-order valence-electron chi connectivity index (χ2n) is 0.287. The first kappa shape index (κ1) is 2.67. The second kappa shape index (κ2) is 3.45. The maximum Gasteiger partial charge on any atom is 0.126 e. The lowest BCUT2D eigenvalue weighted by molar-refractivity contribution is 1.39. The third-order valence-electron chi connectivity index (χ3n) is 0.0878. The van der Waals surface area contributed by atoms with Gasteiger partial charge in [0.25, 0.3) is 0 Å². The van der Waals surface area contributed by atoms with Gasteiger partial charge in [-0.25, -0.2) is 0 Å². The van der Waals surface area contributed by atoms with E-state index in [0.717, 1.165) is 0 Å². The van der Waals surface area contributed by atoms with Crippen LogP contribution in [-0.2, 0) is 0 Å². The fourth-order valence-corrected chi connectivity index (χ4v) is 0.0567. The van der Waals surface area contributed by atoms with E-state index in [1.54, 1.807) is 6.40 Å². The molecule has 0 amide bonds. The third-order valence-corrected chi connectivity index (χ3v) is 0.163. The minimum atomic E-state index is 1.72. The van der Waals surface area contributed by atoms with E-state index in [1.807, 2.05) is 6.04 Å². The maximum atomic E-state index is 6.13. The fourth-order valence-electron chi connectivity index (χ4n) is 0.0189. The molecule has 0 atom stereocenters. The van der Waals surface area contributed by atoms with Crippen LogP contribution in [0.5, 0.6) is 0 Å². The van der Waals surface area contributed by atoms with Crippen molar-refractivity contribution >= 4 is 11.8 Å². The van der Waals surface area contributed by atoms with Crippen molar-refractivity contribution in [3.63, 3.8) is 0 Å². The van der Waals surface area contributed by atoms with E-state index in [0.29, 0.717) is 0 Å². The van der Waals surface area contributed by atoms with E-state index in [-0.39, 0.29) is 0 Å². The van der Waals surface area contributed by atoms with Gasteiger partial charge in [-0.15, -0.1) is 0 Å². The molecule has 0 spiro atoms. The van der Waals surface area contributed by atoms with Crippen molar-refractivity contribution < 1.29 is 1.37 Å². The first-order valence-electron chi connectivity index (χ1n) is 1.34. The van der Waals surface area contributed by atoms with Crippen molar-refractivity contribution in [2.75, 3.05) is 0 Å². The van der Waals surface area contributed by atoms with Crippen LogP contribution in [0.3, 0.4) is 0 Å². The molecular weight excluding hydrogens is 87.5 g/mol. The van der Waals surface area contributed by atoms with Gasteiger partial charge in [-0.2, -0.15) is 0 Å². The summed E-state index contributed by atoms with van der Waals surface area (Å²) in [5.41, 5.74) is 0. The molecule has 0 saturated heterocycles. The van der Waals surface area contributed by atoms with Crippen LogP contribution in [0.25, 0.3) is 0 Å². The number of nitrogens with zero attached hydrogens (tertiary/aromatic N) is 2. The van der Waals surface area contributed by atoms with Crippen LogP contribution < -0.4 is 0 Å². The molecule has 0 aromatic carbocycles. The molecule has 0 aliphatic carbocycles. The number of hydrogen-bond acceptors (Lipinski definition) is 2. The Balaban J connectivity index is 3.24. The van der Waals surface area contributed by atoms with E-state index in [9.17, 15) is 0 Å². The molecule has 5 heavy (non-hydrogen) atoms. The molecular formula is C2HClN2. The van der Waals surface area contributed by atoms with Gasteiger partial charge in [-0.1, -0.05) is 16.1 Å². The summed E-state index contributed by atoms with van der Waals surface area (Å²) >= 11 is 4.65. The Bertz CT molecular complexity index is 99.9. The Hall–Kier alpha value is -0.550. The molecule has 0 fully saturated rings. The molecule has 0 rings (SSSR count). The van der Waals surface area contributed by atoms with Crippen molar-refractivity contribution in [3.05, 3.63) is 0 Å². The summed E-state index contributed by atoms with van der Waals surface area (Å²) in [5.74, 6) is 0. The molecule has 3 heteroatoms. The van der Waals surface area contributed by atoms with E-state index >= 15 is 0 Å². The lowest BCUT2D eigenvalue weighted by atomic mass is 11.2. The number of hydrogen-bond donors (Lipinski definition) is 0. The summed E-state index contributed by atoms with van der Waals surface area (Å²) in [6.45, 7) is 0. The molecule has 0 radical (unpaired) electrons. The topological polar surface area (TPSA) is 24.7 Å². The van der Waals surface area contributed by atoms with Gasteiger partial charge in [0.05, 0.1) is 17.8 Å². The quantitative estimate of drug-likeness (QED) is 0.315. The van der Waals surface area contributed by atoms with Crippen molar-refractivity contribution in [1.82, 2.24) is 0 Å². The lowest BCUT2D eigenvalue weighted by Gasteiger charge is -1.49. The van der Waals surface area contributed by atoms with Crippen molar-refractivity contribution in [2.45, 2.75) is 0 Å². The van der Waals surface area contributed by atoms with Crippen LogP contribution in [0, 0.1) is 12.4 Å². The predicted molar refractivity (Wildman–Crippen MR) is 19.5 cm³/mol. The first-order valence-corrected chi connectivity index (χ1v) is 1.18. The van der Waals surface area contributed by atoms with E-state index < -0.39 is 0 Å². The van der Waals surface area contributed by atoms with Crippen LogP contribution in [0.4, 0.5) is 0 Å². The van der Waals surface area contributed by atoms with Gasteiger partial charge in [-0.05, 0) is 0 Å². The molecule has 26 valence electrons. The zero-order chi connectivity index (χ0) is 4.83. The molecule has 0 unspecified atom stereocenters. The normalized spacial score (nSPS) is 9.40. The summed E-state index contributed by atoms with van der Waals surface area (Å²) in [5, 5.41) is 2.93. The summed E-state index contributed by atoms with van der Waals surface area (Å²) in [6.07, 6.45) is 1.72. The summed E-state index contributed by atoms with van der Waals surface area (Å²) < 4.78 is 8.86. The Kier molecular flexibility index (Phi) is 1.85. The second-order valence-corrected chi connectivity index (χ2v) is 0.439. The number of halogens is 1. The molecule has 0 N–H and O–H groups in total. The molecule has 0 bridgehead atoms. The molecule has 2 nitrogen and oxygen atoms in total. The van der Waals surface area contributed by atoms with Gasteiger partial charge >= 0.3 is 0 Å². The highest BCUT2D eigenvalue weighted by Gasteiger charge is 1.43. The average molecular weight is 89.5 g/mol. The summed E-state index contributed by atoms with van der Waals surface area (Å²) in [4.78, 5) is 0. The zero-order valence-electron chi connectivity index (χ0n) is 3.27. The Morgan fingerprint density at radius 2 is 3.00 bits per heavy atom. The molecule has 0 aromatic rings. The fraction of sp³-hybridized carbons (Fsp3) is 0. The van der Waals surface area contributed by atoms with Gasteiger partial charge in [-0.3, -0.25) is 0 Å². The highest BCUT2D eigenvalue weighted by Crippen LogP contribution is 1.72. The maximum absolute atomic E-state index is 6.13. The first-order chi connectivity index (χ1) is 2.91. The predicted octanol–water partition coefficient (Wildman–Crippen LogP) is 1.18.